The molecule has 0 radical (unpaired) electrons. The first-order valence-corrected chi connectivity index (χ1v) is 9.03. The zero-order valence-electron chi connectivity index (χ0n) is 14.3. The molecule has 2 fully saturated rings. The molecule has 24 heavy (non-hydrogen) atoms. The van der Waals surface area contributed by atoms with Gasteiger partial charge in [-0.3, -0.25) is 9.59 Å². The minimum atomic E-state index is -0.0335. The van der Waals surface area contributed by atoms with Gasteiger partial charge in [-0.05, 0) is 74.9 Å². The van der Waals surface area contributed by atoms with Crippen molar-refractivity contribution < 1.29 is 9.59 Å². The number of rotatable bonds is 6. The molecule has 0 bridgehead atoms. The predicted molar refractivity (Wildman–Crippen MR) is 94.9 cm³/mol. The van der Waals surface area contributed by atoms with Crippen LogP contribution in [0.15, 0.2) is 24.3 Å². The minimum Gasteiger partial charge on any atom is -0.349 e. The second-order valence-corrected chi connectivity index (χ2v) is 7.16. The second-order valence-electron chi connectivity index (χ2n) is 7.16. The molecule has 0 aromatic heterocycles. The molecular weight excluding hydrogens is 302 g/mol. The molecule has 2 aliphatic rings. The van der Waals surface area contributed by atoms with E-state index < -0.39 is 0 Å². The number of hydrogen-bond acceptors (Lipinski definition) is 3. The van der Waals surface area contributed by atoms with E-state index in [9.17, 15) is 9.59 Å². The molecule has 3 N–H and O–H groups in total. The highest BCUT2D eigenvalue weighted by atomic mass is 16.2. The Morgan fingerprint density at radius 1 is 1.21 bits per heavy atom. The van der Waals surface area contributed by atoms with Gasteiger partial charge in [-0.2, -0.15) is 0 Å². The highest BCUT2D eigenvalue weighted by Crippen LogP contribution is 2.23. The maximum Gasteiger partial charge on any atom is 0.251 e. The summed E-state index contributed by atoms with van der Waals surface area (Å²) in [5, 5.41) is 9.30. The van der Waals surface area contributed by atoms with Gasteiger partial charge in [-0.1, -0.05) is 6.92 Å². The number of carbonyl (C=O) groups excluding carboxylic acids is 2. The van der Waals surface area contributed by atoms with E-state index in [2.05, 4.69) is 22.9 Å². The van der Waals surface area contributed by atoms with Gasteiger partial charge in [-0.15, -0.1) is 0 Å². The second kappa shape index (κ2) is 7.79. The molecule has 2 amide bonds. The molecule has 1 aliphatic carbocycles. The summed E-state index contributed by atoms with van der Waals surface area (Å²) in [6.07, 6.45) is 5.09. The third kappa shape index (κ3) is 4.81. The molecule has 3 rings (SSSR count). The summed E-state index contributed by atoms with van der Waals surface area (Å²) in [5.41, 5.74) is 1.39. The normalized spacial score (nSPS) is 21.8. The lowest BCUT2D eigenvalue weighted by Crippen LogP contribution is -2.34. The Kier molecular flexibility index (Phi) is 5.51. The third-order valence-electron chi connectivity index (χ3n) is 4.99. The highest BCUT2D eigenvalue weighted by Gasteiger charge is 2.24. The van der Waals surface area contributed by atoms with E-state index in [0.717, 1.165) is 31.6 Å². The van der Waals surface area contributed by atoms with Gasteiger partial charge < -0.3 is 16.0 Å². The van der Waals surface area contributed by atoms with E-state index in [1.807, 2.05) is 0 Å². The number of hydrogen-bond donors (Lipinski definition) is 3. The molecule has 2 atom stereocenters. The number of benzene rings is 1. The summed E-state index contributed by atoms with van der Waals surface area (Å²) >= 11 is 0. The summed E-state index contributed by atoms with van der Waals surface area (Å²) in [4.78, 5) is 24.2. The van der Waals surface area contributed by atoms with E-state index in [4.69, 9.17) is 0 Å². The molecule has 1 aromatic carbocycles. The van der Waals surface area contributed by atoms with Crippen molar-refractivity contribution in [3.8, 4) is 0 Å². The average molecular weight is 329 g/mol. The van der Waals surface area contributed by atoms with Gasteiger partial charge in [0.15, 0.2) is 0 Å². The molecular formula is C19H27N3O2. The molecule has 5 nitrogen and oxygen atoms in total. The van der Waals surface area contributed by atoms with Gasteiger partial charge in [0, 0.05) is 23.7 Å². The van der Waals surface area contributed by atoms with Crippen LogP contribution < -0.4 is 16.0 Å². The Labute approximate surface area is 143 Å². The zero-order valence-corrected chi connectivity index (χ0v) is 14.3. The number of carbonyl (C=O) groups is 2. The van der Waals surface area contributed by atoms with Gasteiger partial charge in [0.2, 0.25) is 5.91 Å². The van der Waals surface area contributed by atoms with Crippen LogP contribution in [0.1, 0.15) is 49.4 Å². The Morgan fingerprint density at radius 2 is 1.96 bits per heavy atom. The topological polar surface area (TPSA) is 70.2 Å². The van der Waals surface area contributed by atoms with Crippen molar-refractivity contribution in [2.45, 2.75) is 45.1 Å². The van der Waals surface area contributed by atoms with Crippen molar-refractivity contribution in [1.29, 1.82) is 0 Å². The number of amides is 2. The molecule has 1 aromatic rings. The van der Waals surface area contributed by atoms with Crippen molar-refractivity contribution in [2.24, 2.45) is 11.8 Å². The first kappa shape index (κ1) is 17.0. The van der Waals surface area contributed by atoms with Crippen molar-refractivity contribution in [2.75, 3.05) is 18.4 Å². The summed E-state index contributed by atoms with van der Waals surface area (Å²) < 4.78 is 0. The Morgan fingerprint density at radius 3 is 2.58 bits per heavy atom. The Balaban J connectivity index is 1.47. The Bertz CT molecular complexity index is 575. The molecule has 2 unspecified atom stereocenters. The van der Waals surface area contributed by atoms with Crippen molar-refractivity contribution in [3.63, 3.8) is 0 Å². The van der Waals surface area contributed by atoms with Gasteiger partial charge in [0.1, 0.15) is 0 Å². The first-order chi connectivity index (χ1) is 11.6. The van der Waals surface area contributed by atoms with Crippen molar-refractivity contribution >= 4 is 17.5 Å². The fourth-order valence-corrected chi connectivity index (χ4v) is 3.24. The quantitative estimate of drug-likeness (QED) is 0.751. The number of nitrogens with one attached hydrogen (secondary N) is 3. The molecule has 1 aliphatic heterocycles. The Hall–Kier alpha value is -1.88. The molecule has 130 valence electrons. The summed E-state index contributed by atoms with van der Waals surface area (Å²) in [7, 11) is 0. The number of piperidine rings is 1. The fourth-order valence-electron chi connectivity index (χ4n) is 3.24. The minimum absolute atomic E-state index is 0.0335. The van der Waals surface area contributed by atoms with Crippen molar-refractivity contribution in [3.05, 3.63) is 29.8 Å². The van der Waals surface area contributed by atoms with E-state index >= 15 is 0 Å². The van der Waals surface area contributed by atoms with Gasteiger partial charge in [0.25, 0.3) is 5.91 Å². The standard InChI is InChI=1S/C19H27N3O2/c1-13(15-3-2-10-20-12-15)11-18(23)21-16-6-4-14(5-7-16)19(24)22-17-8-9-17/h4-7,13,15,17,20H,2-3,8-12H2,1H3,(H,21,23)(H,22,24). The molecule has 5 heteroatoms. The smallest absolute Gasteiger partial charge is 0.251 e. The monoisotopic (exact) mass is 329 g/mol. The van der Waals surface area contributed by atoms with Crippen molar-refractivity contribution in [1.82, 2.24) is 10.6 Å². The van der Waals surface area contributed by atoms with Crippen LogP contribution >= 0.6 is 0 Å². The zero-order chi connectivity index (χ0) is 16.9. The fraction of sp³-hybridized carbons (Fsp3) is 0.579. The van der Waals surface area contributed by atoms with Gasteiger partial charge >= 0.3 is 0 Å². The van der Waals surface area contributed by atoms with Crippen LogP contribution in [0.5, 0.6) is 0 Å². The van der Waals surface area contributed by atoms with Gasteiger partial charge in [0.05, 0.1) is 0 Å². The van der Waals surface area contributed by atoms with Crippen LogP contribution in [-0.2, 0) is 4.79 Å². The van der Waals surface area contributed by atoms with E-state index in [1.54, 1.807) is 24.3 Å². The van der Waals surface area contributed by atoms with Crippen LogP contribution in [0.4, 0.5) is 5.69 Å². The molecule has 1 heterocycles. The molecule has 1 saturated carbocycles. The van der Waals surface area contributed by atoms with Gasteiger partial charge in [-0.25, -0.2) is 0 Å². The SMILES string of the molecule is CC(CC(=O)Nc1ccc(C(=O)NC2CC2)cc1)C1CCCNC1. The van der Waals surface area contributed by atoms with E-state index in [-0.39, 0.29) is 11.8 Å². The summed E-state index contributed by atoms with van der Waals surface area (Å²) in [5.74, 6) is 0.969. The lowest BCUT2D eigenvalue weighted by molar-refractivity contribution is -0.117. The third-order valence-corrected chi connectivity index (χ3v) is 4.99. The summed E-state index contributed by atoms with van der Waals surface area (Å²) in [6.45, 7) is 4.26. The van der Waals surface area contributed by atoms with Crippen LogP contribution in [0.3, 0.4) is 0 Å². The lowest BCUT2D eigenvalue weighted by atomic mass is 9.85. The highest BCUT2D eigenvalue weighted by molar-refractivity contribution is 5.96. The van der Waals surface area contributed by atoms with E-state index in [0.29, 0.717) is 29.9 Å². The number of anilines is 1. The van der Waals surface area contributed by atoms with Crippen LogP contribution in [0.2, 0.25) is 0 Å². The van der Waals surface area contributed by atoms with Crippen LogP contribution in [-0.4, -0.2) is 30.9 Å². The predicted octanol–water partition coefficient (Wildman–Crippen LogP) is 2.54. The molecule has 0 spiro atoms. The molecule has 1 saturated heterocycles. The van der Waals surface area contributed by atoms with Crippen LogP contribution in [0.25, 0.3) is 0 Å². The average Bonchev–Trinajstić information content (AvgIpc) is 3.40. The largest absolute Gasteiger partial charge is 0.349 e. The first-order valence-electron chi connectivity index (χ1n) is 9.03. The van der Waals surface area contributed by atoms with E-state index in [1.165, 1.54) is 12.8 Å². The van der Waals surface area contributed by atoms with Crippen LogP contribution in [0, 0.1) is 11.8 Å². The summed E-state index contributed by atoms with van der Waals surface area (Å²) in [6, 6.07) is 7.48. The maximum absolute atomic E-state index is 12.2. The maximum atomic E-state index is 12.2. The lowest BCUT2D eigenvalue weighted by Gasteiger charge is -2.28.